The van der Waals surface area contributed by atoms with Crippen molar-refractivity contribution < 1.29 is 19.4 Å². The van der Waals surface area contributed by atoms with Gasteiger partial charge in [0.05, 0.1) is 12.8 Å². The molecule has 0 aliphatic rings. The fourth-order valence-electron chi connectivity index (χ4n) is 2.07. The van der Waals surface area contributed by atoms with Crippen LogP contribution in [0.1, 0.15) is 67.7 Å². The molecule has 0 saturated heterocycles. The minimum absolute atomic E-state index is 0.0353. The first-order valence-electron chi connectivity index (χ1n) is 7.25. The van der Waals surface area contributed by atoms with Crippen LogP contribution in [0, 0.1) is 16.7 Å². The minimum Gasteiger partial charge on any atom is -0.481 e. The number of hydrogen-bond donors (Lipinski definition) is 1. The van der Waals surface area contributed by atoms with Crippen LogP contribution in [0.2, 0.25) is 0 Å². The summed E-state index contributed by atoms with van der Waals surface area (Å²) in [6, 6.07) is 0. The zero-order valence-corrected chi connectivity index (χ0v) is 13.9. The molecule has 0 rings (SSSR count). The van der Waals surface area contributed by atoms with Crippen LogP contribution in [0.15, 0.2) is 0 Å². The summed E-state index contributed by atoms with van der Waals surface area (Å²) < 4.78 is 5.61. The average molecular weight is 286 g/mol. The van der Waals surface area contributed by atoms with E-state index in [0.717, 1.165) is 6.42 Å². The summed E-state index contributed by atoms with van der Waals surface area (Å²) in [7, 11) is 0. The van der Waals surface area contributed by atoms with Gasteiger partial charge < -0.3 is 9.84 Å². The second-order valence-corrected chi connectivity index (χ2v) is 7.89. The van der Waals surface area contributed by atoms with E-state index < -0.39 is 11.4 Å². The normalized spacial score (nSPS) is 14.2. The van der Waals surface area contributed by atoms with Gasteiger partial charge in [-0.1, -0.05) is 48.5 Å². The summed E-state index contributed by atoms with van der Waals surface area (Å²) in [6.45, 7) is 13.9. The molecule has 0 amide bonds. The highest BCUT2D eigenvalue weighted by Gasteiger charge is 2.32. The van der Waals surface area contributed by atoms with Gasteiger partial charge in [0.15, 0.2) is 0 Å². The van der Waals surface area contributed by atoms with Crippen LogP contribution in [-0.4, -0.2) is 23.1 Å². The van der Waals surface area contributed by atoms with Crippen LogP contribution in [0.4, 0.5) is 0 Å². The maximum atomic E-state index is 12.1. The first kappa shape index (κ1) is 18.9. The number of carbonyl (C=O) groups is 2. The number of ether oxygens (including phenoxy) is 1. The second-order valence-electron chi connectivity index (χ2n) is 7.89. The lowest BCUT2D eigenvalue weighted by Gasteiger charge is -2.32. The molecule has 0 heterocycles. The zero-order valence-electron chi connectivity index (χ0n) is 13.9. The van der Waals surface area contributed by atoms with Gasteiger partial charge in [-0.2, -0.15) is 0 Å². The molecule has 4 nitrogen and oxygen atoms in total. The molecule has 0 fully saturated rings. The first-order valence-corrected chi connectivity index (χ1v) is 7.25. The Hall–Kier alpha value is -1.06. The SMILES string of the molecule is CC(C)CC(OC(=O)CC(C)(C)CC(=O)O)C(C)(C)C. The second kappa shape index (κ2) is 7.09. The van der Waals surface area contributed by atoms with E-state index in [4.69, 9.17) is 9.84 Å². The Bertz CT molecular complexity index is 337. The summed E-state index contributed by atoms with van der Waals surface area (Å²) in [5.74, 6) is -0.756. The Kier molecular flexibility index (Phi) is 6.72. The lowest BCUT2D eigenvalue weighted by molar-refractivity contribution is -0.158. The molecule has 0 radical (unpaired) electrons. The van der Waals surface area contributed by atoms with Gasteiger partial charge in [0.1, 0.15) is 6.10 Å². The zero-order chi connectivity index (χ0) is 16.1. The third kappa shape index (κ3) is 8.18. The number of hydrogen-bond acceptors (Lipinski definition) is 3. The molecular formula is C16H30O4. The van der Waals surface area contributed by atoms with Crippen molar-refractivity contribution >= 4 is 11.9 Å². The van der Waals surface area contributed by atoms with Gasteiger partial charge in [0, 0.05) is 0 Å². The van der Waals surface area contributed by atoms with Crippen LogP contribution in [0.3, 0.4) is 0 Å². The van der Waals surface area contributed by atoms with E-state index in [-0.39, 0.29) is 30.3 Å². The summed E-state index contributed by atoms with van der Waals surface area (Å²) in [5.41, 5.74) is -0.694. The highest BCUT2D eigenvalue weighted by molar-refractivity contribution is 5.73. The summed E-state index contributed by atoms with van der Waals surface area (Å²) >= 11 is 0. The van der Waals surface area contributed by atoms with Gasteiger partial charge in [-0.3, -0.25) is 9.59 Å². The van der Waals surface area contributed by atoms with Crippen molar-refractivity contribution in [1.29, 1.82) is 0 Å². The Morgan fingerprint density at radius 3 is 1.90 bits per heavy atom. The fraction of sp³-hybridized carbons (Fsp3) is 0.875. The van der Waals surface area contributed by atoms with Crippen molar-refractivity contribution in [3.8, 4) is 0 Å². The Morgan fingerprint density at radius 1 is 1.05 bits per heavy atom. The topological polar surface area (TPSA) is 63.6 Å². The van der Waals surface area contributed by atoms with Crippen LogP contribution in [0.25, 0.3) is 0 Å². The van der Waals surface area contributed by atoms with E-state index in [9.17, 15) is 9.59 Å². The predicted octanol–water partition coefficient (Wildman–Crippen LogP) is 3.88. The Labute approximate surface area is 122 Å². The molecule has 1 atom stereocenters. The van der Waals surface area contributed by atoms with E-state index in [1.807, 2.05) is 0 Å². The molecule has 118 valence electrons. The third-order valence-electron chi connectivity index (χ3n) is 3.18. The van der Waals surface area contributed by atoms with E-state index in [2.05, 4.69) is 34.6 Å². The maximum absolute atomic E-state index is 12.1. The van der Waals surface area contributed by atoms with Gasteiger partial charge in [0.2, 0.25) is 0 Å². The van der Waals surface area contributed by atoms with Crippen molar-refractivity contribution in [3.05, 3.63) is 0 Å². The average Bonchev–Trinajstić information content (AvgIpc) is 2.10. The van der Waals surface area contributed by atoms with E-state index in [1.54, 1.807) is 13.8 Å². The van der Waals surface area contributed by atoms with Crippen LogP contribution in [0.5, 0.6) is 0 Å². The number of carboxylic acids is 1. The smallest absolute Gasteiger partial charge is 0.306 e. The lowest BCUT2D eigenvalue weighted by atomic mass is 9.83. The first-order chi connectivity index (χ1) is 8.83. The van der Waals surface area contributed by atoms with Gasteiger partial charge in [0.25, 0.3) is 0 Å². The van der Waals surface area contributed by atoms with Crippen molar-refractivity contribution in [3.63, 3.8) is 0 Å². The van der Waals surface area contributed by atoms with Gasteiger partial charge in [-0.15, -0.1) is 0 Å². The monoisotopic (exact) mass is 286 g/mol. The molecule has 1 N–H and O–H groups in total. The van der Waals surface area contributed by atoms with Gasteiger partial charge in [-0.25, -0.2) is 0 Å². The molecule has 0 spiro atoms. The van der Waals surface area contributed by atoms with Gasteiger partial charge >= 0.3 is 11.9 Å². The van der Waals surface area contributed by atoms with E-state index >= 15 is 0 Å². The highest BCUT2D eigenvalue weighted by Crippen LogP contribution is 2.30. The molecule has 0 aromatic rings. The standard InChI is InChI=1S/C16H30O4/c1-11(2)8-12(15(3,4)5)20-14(19)10-16(6,7)9-13(17)18/h11-12H,8-10H2,1-7H3,(H,17,18). The predicted molar refractivity (Wildman–Crippen MR) is 79.4 cm³/mol. The molecule has 0 aliphatic heterocycles. The quantitative estimate of drug-likeness (QED) is 0.721. The highest BCUT2D eigenvalue weighted by atomic mass is 16.5. The summed E-state index contributed by atoms with van der Waals surface area (Å²) in [5, 5.41) is 8.84. The molecule has 0 aromatic heterocycles. The number of carboxylic acid groups (broad SMARTS) is 1. The molecule has 0 bridgehead atoms. The van der Waals surface area contributed by atoms with E-state index in [0.29, 0.717) is 5.92 Å². The fourth-order valence-corrected chi connectivity index (χ4v) is 2.07. The van der Waals surface area contributed by atoms with Crippen molar-refractivity contribution in [1.82, 2.24) is 0 Å². The molecule has 20 heavy (non-hydrogen) atoms. The minimum atomic E-state index is -0.891. The Balaban J connectivity index is 4.65. The molecule has 0 aromatic carbocycles. The van der Waals surface area contributed by atoms with Crippen molar-refractivity contribution in [2.75, 3.05) is 0 Å². The molecule has 0 aliphatic carbocycles. The van der Waals surface area contributed by atoms with Gasteiger partial charge in [-0.05, 0) is 23.2 Å². The van der Waals surface area contributed by atoms with E-state index in [1.165, 1.54) is 0 Å². The molecule has 1 unspecified atom stereocenters. The number of rotatable bonds is 7. The molecular weight excluding hydrogens is 256 g/mol. The number of esters is 1. The molecule has 0 saturated carbocycles. The largest absolute Gasteiger partial charge is 0.481 e. The van der Waals surface area contributed by atoms with Crippen molar-refractivity contribution in [2.24, 2.45) is 16.7 Å². The Morgan fingerprint density at radius 2 is 1.55 bits per heavy atom. The lowest BCUT2D eigenvalue weighted by Crippen LogP contribution is -2.34. The van der Waals surface area contributed by atoms with Crippen molar-refractivity contribution in [2.45, 2.75) is 73.8 Å². The summed E-state index contributed by atoms with van der Waals surface area (Å²) in [6.07, 6.45) is 0.765. The number of aliphatic carboxylic acids is 1. The third-order valence-corrected chi connectivity index (χ3v) is 3.18. The van der Waals surface area contributed by atoms with Crippen LogP contribution < -0.4 is 0 Å². The summed E-state index contributed by atoms with van der Waals surface area (Å²) in [4.78, 5) is 22.8. The maximum Gasteiger partial charge on any atom is 0.306 e. The van der Waals surface area contributed by atoms with Crippen LogP contribution >= 0.6 is 0 Å². The molecule has 4 heteroatoms. The number of carbonyl (C=O) groups excluding carboxylic acids is 1. The van der Waals surface area contributed by atoms with Crippen LogP contribution in [-0.2, 0) is 14.3 Å².